The summed E-state index contributed by atoms with van der Waals surface area (Å²) in [6.45, 7) is 12.2. The van der Waals surface area contributed by atoms with Crippen LogP contribution in [-0.4, -0.2) is 30.1 Å². The average molecular weight is 390 g/mol. The number of hydrogen-bond acceptors (Lipinski definition) is 2. The van der Waals surface area contributed by atoms with E-state index < -0.39 is 15.6 Å². The Labute approximate surface area is 144 Å². The van der Waals surface area contributed by atoms with E-state index in [4.69, 9.17) is 0 Å². The molecule has 0 bridgehead atoms. The molecule has 0 atom stereocenters. The summed E-state index contributed by atoms with van der Waals surface area (Å²) in [6.07, 6.45) is 1.82. The maximum absolute atomic E-state index is 13.2. The van der Waals surface area contributed by atoms with Gasteiger partial charge in [-0.2, -0.15) is 4.31 Å². The number of hydrogen-bond donors (Lipinski definition) is 0. The van der Waals surface area contributed by atoms with E-state index in [1.54, 1.807) is 4.31 Å². The monoisotopic (exact) mass is 389 g/mol. The Hall–Kier alpha value is -0.390. The molecule has 0 saturated heterocycles. The summed E-state index contributed by atoms with van der Waals surface area (Å²) in [7, 11) is -3.50. The number of halogens is 1. The summed E-state index contributed by atoms with van der Waals surface area (Å²) < 4.78 is 28.1. The molecular weight excluding hydrogens is 362 g/mol. The molecule has 0 heterocycles. The minimum absolute atomic E-state index is 0.436. The number of unbranched alkanes of at least 4 members (excludes halogenated alkanes) is 1. The van der Waals surface area contributed by atoms with E-state index in [9.17, 15) is 8.42 Å². The summed E-state index contributed by atoms with van der Waals surface area (Å²) in [6, 6.07) is 3.89. The van der Waals surface area contributed by atoms with Crippen molar-refractivity contribution < 1.29 is 8.42 Å². The number of benzene rings is 1. The standard InChI is InChI=1S/C17H28BrNO2S/c1-13-11-14(2)16(15(3)12-13)22(20,21)19(17(4,5)6)10-8-7-9-18/h11-12H,7-10H2,1-6H3. The lowest BCUT2D eigenvalue weighted by Gasteiger charge is -2.35. The molecule has 0 amide bonds. The van der Waals surface area contributed by atoms with Crippen LogP contribution in [0.2, 0.25) is 0 Å². The summed E-state index contributed by atoms with van der Waals surface area (Å²) in [5.41, 5.74) is 2.31. The molecular formula is C17H28BrNO2S. The van der Waals surface area contributed by atoms with Gasteiger partial charge in [0.15, 0.2) is 0 Å². The Balaban J connectivity index is 3.34. The van der Waals surface area contributed by atoms with Crippen molar-refractivity contribution in [2.24, 2.45) is 0 Å². The Bertz CT molecular complexity index is 595. The van der Waals surface area contributed by atoms with Crippen LogP contribution in [0.4, 0.5) is 0 Å². The second kappa shape index (κ2) is 7.45. The third kappa shape index (κ3) is 4.56. The zero-order chi connectivity index (χ0) is 17.1. The molecule has 0 aliphatic rings. The first kappa shape index (κ1) is 19.7. The van der Waals surface area contributed by atoms with E-state index in [2.05, 4.69) is 15.9 Å². The van der Waals surface area contributed by atoms with Gasteiger partial charge in [-0.3, -0.25) is 0 Å². The number of sulfonamides is 1. The summed E-state index contributed by atoms with van der Waals surface area (Å²) in [4.78, 5) is 0.465. The van der Waals surface area contributed by atoms with Crippen LogP contribution in [0.5, 0.6) is 0 Å². The third-order valence-corrected chi connectivity index (χ3v) is 6.68. The average Bonchev–Trinajstić information content (AvgIpc) is 2.30. The maximum Gasteiger partial charge on any atom is 0.244 e. The van der Waals surface area contributed by atoms with Crippen molar-refractivity contribution in [3.05, 3.63) is 28.8 Å². The lowest BCUT2D eigenvalue weighted by atomic mass is 10.1. The van der Waals surface area contributed by atoms with Gasteiger partial charge >= 0.3 is 0 Å². The lowest BCUT2D eigenvalue weighted by molar-refractivity contribution is 0.246. The predicted octanol–water partition coefficient (Wildman–Crippen LogP) is 4.58. The van der Waals surface area contributed by atoms with Crippen LogP contribution in [0.15, 0.2) is 17.0 Å². The Morgan fingerprint density at radius 1 is 1.05 bits per heavy atom. The molecule has 126 valence electrons. The number of rotatable bonds is 6. The molecule has 0 aliphatic carbocycles. The smallest absolute Gasteiger partial charge is 0.207 e. The highest BCUT2D eigenvalue weighted by molar-refractivity contribution is 9.09. The highest BCUT2D eigenvalue weighted by atomic mass is 79.9. The molecule has 0 spiro atoms. The van der Waals surface area contributed by atoms with E-state index in [0.29, 0.717) is 11.4 Å². The van der Waals surface area contributed by atoms with Crippen molar-refractivity contribution in [3.63, 3.8) is 0 Å². The highest BCUT2D eigenvalue weighted by Gasteiger charge is 2.35. The zero-order valence-electron chi connectivity index (χ0n) is 14.5. The quantitative estimate of drug-likeness (QED) is 0.527. The van der Waals surface area contributed by atoms with Crippen molar-refractivity contribution in [1.29, 1.82) is 0 Å². The van der Waals surface area contributed by atoms with Crippen molar-refractivity contribution in [2.45, 2.75) is 64.8 Å². The second-order valence-corrected chi connectivity index (χ2v) is 9.46. The van der Waals surface area contributed by atoms with Gasteiger partial charge in [0, 0.05) is 17.4 Å². The topological polar surface area (TPSA) is 37.4 Å². The van der Waals surface area contributed by atoms with Gasteiger partial charge in [-0.25, -0.2) is 8.42 Å². The van der Waals surface area contributed by atoms with E-state index in [1.807, 2.05) is 53.7 Å². The molecule has 0 unspecified atom stereocenters. The van der Waals surface area contributed by atoms with Crippen LogP contribution in [0.25, 0.3) is 0 Å². The van der Waals surface area contributed by atoms with Gasteiger partial charge in [-0.1, -0.05) is 33.6 Å². The summed E-state index contributed by atoms with van der Waals surface area (Å²) >= 11 is 3.41. The maximum atomic E-state index is 13.2. The third-order valence-electron chi connectivity index (χ3n) is 3.65. The molecule has 1 rings (SSSR count). The molecule has 0 radical (unpaired) electrons. The number of aryl methyl sites for hydroxylation is 3. The van der Waals surface area contributed by atoms with Gasteiger partial charge in [-0.15, -0.1) is 0 Å². The van der Waals surface area contributed by atoms with Crippen LogP contribution >= 0.6 is 15.9 Å². The molecule has 3 nitrogen and oxygen atoms in total. The van der Waals surface area contributed by atoms with Gasteiger partial charge in [0.05, 0.1) is 4.90 Å². The fourth-order valence-corrected chi connectivity index (χ4v) is 5.49. The summed E-state index contributed by atoms with van der Waals surface area (Å²) in [5, 5.41) is 0.896. The molecule has 0 aliphatic heterocycles. The molecule has 0 aromatic heterocycles. The fourth-order valence-electron chi connectivity index (χ4n) is 2.85. The SMILES string of the molecule is Cc1cc(C)c(S(=O)(=O)N(CCCCBr)C(C)(C)C)c(C)c1. The number of nitrogens with zero attached hydrogens (tertiary/aromatic N) is 1. The van der Waals surface area contributed by atoms with Gasteiger partial charge in [0.1, 0.15) is 0 Å². The first-order valence-electron chi connectivity index (χ1n) is 7.68. The van der Waals surface area contributed by atoms with E-state index >= 15 is 0 Å². The summed E-state index contributed by atoms with van der Waals surface area (Å²) in [5.74, 6) is 0. The Morgan fingerprint density at radius 3 is 1.95 bits per heavy atom. The Morgan fingerprint density at radius 2 is 1.55 bits per heavy atom. The largest absolute Gasteiger partial charge is 0.244 e. The molecule has 1 aromatic rings. The minimum Gasteiger partial charge on any atom is -0.207 e. The molecule has 0 N–H and O–H groups in total. The minimum atomic E-state index is -3.50. The fraction of sp³-hybridized carbons (Fsp3) is 0.647. The van der Waals surface area contributed by atoms with Gasteiger partial charge in [-0.05, 0) is 65.5 Å². The van der Waals surface area contributed by atoms with E-state index in [0.717, 1.165) is 34.9 Å². The van der Waals surface area contributed by atoms with Crippen molar-refractivity contribution in [2.75, 3.05) is 11.9 Å². The van der Waals surface area contributed by atoms with Crippen LogP contribution in [0.1, 0.15) is 50.3 Å². The van der Waals surface area contributed by atoms with Gasteiger partial charge < -0.3 is 0 Å². The molecule has 0 saturated carbocycles. The first-order valence-corrected chi connectivity index (χ1v) is 10.2. The molecule has 22 heavy (non-hydrogen) atoms. The van der Waals surface area contributed by atoms with Gasteiger partial charge in [0.25, 0.3) is 0 Å². The van der Waals surface area contributed by atoms with Crippen LogP contribution in [0.3, 0.4) is 0 Å². The molecule has 0 fully saturated rings. The molecule has 1 aromatic carbocycles. The zero-order valence-corrected chi connectivity index (χ0v) is 16.9. The van der Waals surface area contributed by atoms with E-state index in [1.165, 1.54) is 0 Å². The normalized spacial score (nSPS) is 12.9. The predicted molar refractivity (Wildman–Crippen MR) is 97.3 cm³/mol. The van der Waals surface area contributed by atoms with E-state index in [-0.39, 0.29) is 0 Å². The number of alkyl halides is 1. The Kier molecular flexibility index (Phi) is 6.66. The van der Waals surface area contributed by atoms with Crippen molar-refractivity contribution in [3.8, 4) is 0 Å². The van der Waals surface area contributed by atoms with Crippen LogP contribution < -0.4 is 0 Å². The lowest BCUT2D eigenvalue weighted by Crippen LogP contribution is -2.46. The molecule has 5 heteroatoms. The van der Waals surface area contributed by atoms with Gasteiger partial charge in [0.2, 0.25) is 10.0 Å². The van der Waals surface area contributed by atoms with Crippen LogP contribution in [-0.2, 0) is 10.0 Å². The second-order valence-electron chi connectivity index (χ2n) is 6.87. The van der Waals surface area contributed by atoms with Crippen molar-refractivity contribution in [1.82, 2.24) is 4.31 Å². The highest BCUT2D eigenvalue weighted by Crippen LogP contribution is 2.30. The van der Waals surface area contributed by atoms with Crippen molar-refractivity contribution >= 4 is 26.0 Å². The van der Waals surface area contributed by atoms with Crippen LogP contribution in [0, 0.1) is 20.8 Å². The first-order chi connectivity index (χ1) is 10.0.